The van der Waals surface area contributed by atoms with Gasteiger partial charge >= 0.3 is 0 Å². The topological polar surface area (TPSA) is 105 Å². The molecule has 0 spiro atoms. The first-order chi connectivity index (χ1) is 19.9. The van der Waals surface area contributed by atoms with E-state index in [0.717, 1.165) is 35.1 Å². The molecular weight excluding hydrogens is 528 g/mol. The Bertz CT molecular complexity index is 1480. The van der Waals surface area contributed by atoms with Gasteiger partial charge in [-0.2, -0.15) is 0 Å². The van der Waals surface area contributed by atoms with Crippen LogP contribution in [-0.2, 0) is 14.4 Å². The maximum atomic E-state index is 14.1. The van der Waals surface area contributed by atoms with Crippen LogP contribution in [0.4, 0.5) is 11.4 Å². The number of aryl methyl sites for hydroxylation is 4. The fourth-order valence-corrected chi connectivity index (χ4v) is 5.80. The Kier molecular flexibility index (Phi) is 9.52. The van der Waals surface area contributed by atoms with Crippen molar-refractivity contribution in [2.45, 2.75) is 72.3 Å². The van der Waals surface area contributed by atoms with Gasteiger partial charge < -0.3 is 20.5 Å². The van der Waals surface area contributed by atoms with Crippen LogP contribution in [0.15, 0.2) is 60.7 Å². The first kappa shape index (κ1) is 31.0. The van der Waals surface area contributed by atoms with Crippen LogP contribution in [0.3, 0.4) is 0 Å². The predicted octanol–water partition coefficient (Wildman–Crippen LogP) is 6.42. The summed E-state index contributed by atoms with van der Waals surface area (Å²) in [5, 5.41) is 17.6. The van der Waals surface area contributed by atoms with E-state index >= 15 is 0 Å². The van der Waals surface area contributed by atoms with Crippen LogP contribution in [0.5, 0.6) is 5.75 Å². The Hall–Kier alpha value is -3.97. The molecule has 0 aromatic heterocycles. The van der Waals surface area contributed by atoms with Gasteiger partial charge in [0.1, 0.15) is 17.5 Å². The summed E-state index contributed by atoms with van der Waals surface area (Å²) in [6, 6.07) is 18.7. The van der Waals surface area contributed by atoms with Gasteiger partial charge in [-0.1, -0.05) is 49.7 Å². The molecule has 3 aromatic rings. The minimum atomic E-state index is -1.70. The third-order valence-electron chi connectivity index (χ3n) is 8.14. The molecule has 7 nitrogen and oxygen atoms in total. The number of carbonyl (C=O) groups excluding carboxylic acids is 3. The van der Waals surface area contributed by atoms with E-state index in [0.29, 0.717) is 29.3 Å². The lowest BCUT2D eigenvalue weighted by atomic mass is 9.61. The molecular formula is C35H42N2O5. The number of ketones is 1. The molecule has 1 aliphatic carbocycles. The Morgan fingerprint density at radius 2 is 1.50 bits per heavy atom. The maximum absolute atomic E-state index is 14.1. The lowest BCUT2D eigenvalue weighted by Crippen LogP contribution is -2.56. The average Bonchev–Trinajstić information content (AvgIpc) is 2.92. The van der Waals surface area contributed by atoms with Gasteiger partial charge in [-0.15, -0.1) is 0 Å². The Balaban J connectivity index is 1.80. The molecule has 7 heteroatoms. The SMILES string of the molecule is CCCCOc1cccc(C2C(C(=O)Nc3cc(C)ccc3C)C(=O)CC(C)(O)C2C(=O)Nc2cc(C)ccc2C)c1. The fourth-order valence-electron chi connectivity index (χ4n) is 5.80. The molecule has 3 N–H and O–H groups in total. The summed E-state index contributed by atoms with van der Waals surface area (Å²) >= 11 is 0. The smallest absolute Gasteiger partial charge is 0.235 e. The molecule has 0 aliphatic heterocycles. The van der Waals surface area contributed by atoms with Crippen LogP contribution >= 0.6 is 0 Å². The number of ether oxygens (including phenoxy) is 1. The van der Waals surface area contributed by atoms with Crippen molar-refractivity contribution in [3.63, 3.8) is 0 Å². The molecule has 0 heterocycles. The molecule has 42 heavy (non-hydrogen) atoms. The Morgan fingerprint density at radius 3 is 2.10 bits per heavy atom. The number of hydrogen-bond donors (Lipinski definition) is 3. The number of unbranched alkanes of at least 4 members (excludes halogenated alkanes) is 1. The highest BCUT2D eigenvalue weighted by molar-refractivity contribution is 6.10. The highest BCUT2D eigenvalue weighted by Gasteiger charge is 2.56. The molecule has 1 aliphatic rings. The van der Waals surface area contributed by atoms with Crippen LogP contribution in [-0.4, -0.2) is 34.9 Å². The van der Waals surface area contributed by atoms with Crippen LogP contribution in [0, 0.1) is 39.5 Å². The van der Waals surface area contributed by atoms with Gasteiger partial charge in [0.05, 0.1) is 18.1 Å². The zero-order valence-electron chi connectivity index (χ0n) is 25.4. The number of Topliss-reactive ketones (excluding diaryl/α,β-unsaturated/α-hetero) is 1. The summed E-state index contributed by atoms with van der Waals surface area (Å²) in [5.41, 5.74) is 3.78. The van der Waals surface area contributed by atoms with Crippen LogP contribution in [0.2, 0.25) is 0 Å². The highest BCUT2D eigenvalue weighted by Crippen LogP contribution is 2.47. The largest absolute Gasteiger partial charge is 0.494 e. The van der Waals surface area contributed by atoms with Gasteiger partial charge in [0.15, 0.2) is 0 Å². The number of amides is 2. The van der Waals surface area contributed by atoms with E-state index in [1.165, 1.54) is 6.92 Å². The number of rotatable bonds is 9. The zero-order valence-corrected chi connectivity index (χ0v) is 25.4. The Morgan fingerprint density at radius 1 is 0.905 bits per heavy atom. The van der Waals surface area contributed by atoms with E-state index in [1.54, 1.807) is 18.2 Å². The van der Waals surface area contributed by atoms with E-state index in [2.05, 4.69) is 17.6 Å². The van der Waals surface area contributed by atoms with E-state index < -0.39 is 41.0 Å². The van der Waals surface area contributed by atoms with Crippen molar-refractivity contribution in [2.24, 2.45) is 11.8 Å². The second kappa shape index (κ2) is 12.9. The van der Waals surface area contributed by atoms with Crippen molar-refractivity contribution >= 4 is 29.0 Å². The van der Waals surface area contributed by atoms with E-state index in [9.17, 15) is 19.5 Å². The lowest BCUT2D eigenvalue weighted by Gasteiger charge is -2.44. The van der Waals surface area contributed by atoms with Crippen molar-refractivity contribution < 1.29 is 24.2 Å². The van der Waals surface area contributed by atoms with Crippen molar-refractivity contribution in [3.8, 4) is 5.75 Å². The Labute approximate surface area is 248 Å². The van der Waals surface area contributed by atoms with E-state index in [4.69, 9.17) is 4.74 Å². The highest BCUT2D eigenvalue weighted by atomic mass is 16.5. The molecule has 0 radical (unpaired) electrons. The third kappa shape index (κ3) is 6.90. The average molecular weight is 571 g/mol. The number of nitrogens with one attached hydrogen (secondary N) is 2. The van der Waals surface area contributed by atoms with Gasteiger partial charge in [-0.05, 0) is 93.1 Å². The van der Waals surface area contributed by atoms with Crippen LogP contribution < -0.4 is 15.4 Å². The molecule has 222 valence electrons. The van der Waals surface area contributed by atoms with Gasteiger partial charge in [-0.25, -0.2) is 0 Å². The number of anilines is 2. The van der Waals surface area contributed by atoms with Gasteiger partial charge in [-0.3, -0.25) is 14.4 Å². The maximum Gasteiger partial charge on any atom is 0.235 e. The summed E-state index contributed by atoms with van der Waals surface area (Å²) < 4.78 is 5.95. The minimum absolute atomic E-state index is 0.327. The normalized spacial score (nSPS) is 22.0. The number of aliphatic hydroxyl groups is 1. The van der Waals surface area contributed by atoms with Crippen LogP contribution in [0.1, 0.15) is 66.8 Å². The summed E-state index contributed by atoms with van der Waals surface area (Å²) in [5.74, 6) is -4.03. The molecule has 4 unspecified atom stereocenters. The molecule has 1 saturated carbocycles. The zero-order chi connectivity index (χ0) is 30.6. The first-order valence-corrected chi connectivity index (χ1v) is 14.7. The fraction of sp³-hybridized carbons (Fsp3) is 0.400. The summed E-state index contributed by atoms with van der Waals surface area (Å²) in [6.07, 6.45) is 1.52. The molecule has 0 bridgehead atoms. The monoisotopic (exact) mass is 570 g/mol. The summed E-state index contributed by atoms with van der Waals surface area (Å²) in [6.45, 7) is 11.8. The van der Waals surface area contributed by atoms with Gasteiger partial charge in [0, 0.05) is 23.7 Å². The molecule has 4 atom stereocenters. The summed E-state index contributed by atoms with van der Waals surface area (Å²) in [7, 11) is 0. The van der Waals surface area contributed by atoms with Crippen LogP contribution in [0.25, 0.3) is 0 Å². The molecule has 1 fully saturated rings. The first-order valence-electron chi connectivity index (χ1n) is 14.7. The lowest BCUT2D eigenvalue weighted by molar-refractivity contribution is -0.150. The molecule has 2 amide bonds. The van der Waals surface area contributed by atoms with Crippen molar-refractivity contribution in [3.05, 3.63) is 88.5 Å². The second-order valence-electron chi connectivity index (χ2n) is 11.9. The van der Waals surface area contributed by atoms with Crippen molar-refractivity contribution in [1.82, 2.24) is 0 Å². The van der Waals surface area contributed by atoms with Crippen molar-refractivity contribution in [2.75, 3.05) is 17.2 Å². The number of hydrogen-bond acceptors (Lipinski definition) is 5. The second-order valence-corrected chi connectivity index (χ2v) is 11.9. The van der Waals surface area contributed by atoms with Gasteiger partial charge in [0.25, 0.3) is 0 Å². The van der Waals surface area contributed by atoms with E-state index in [-0.39, 0.29) is 6.42 Å². The quantitative estimate of drug-likeness (QED) is 0.204. The number of carbonyl (C=O) groups is 3. The predicted molar refractivity (Wildman–Crippen MR) is 166 cm³/mol. The van der Waals surface area contributed by atoms with E-state index in [1.807, 2.05) is 70.2 Å². The van der Waals surface area contributed by atoms with Gasteiger partial charge in [0.2, 0.25) is 11.8 Å². The number of benzene rings is 3. The van der Waals surface area contributed by atoms with Crippen molar-refractivity contribution in [1.29, 1.82) is 0 Å². The molecule has 4 rings (SSSR count). The standard InChI is InChI=1S/C35H42N2O5/c1-7-8-16-42-26-11-9-10-25(19-26)30-31(33(39)36-27-17-21(2)12-14-23(27)4)29(38)20-35(6,41)32(30)34(40)37-28-18-22(3)13-15-24(28)5/h9-15,17-19,30-32,41H,7-8,16,20H2,1-6H3,(H,36,39)(H,37,40). The minimum Gasteiger partial charge on any atom is -0.494 e. The third-order valence-corrected chi connectivity index (χ3v) is 8.14. The summed E-state index contributed by atoms with van der Waals surface area (Å²) in [4.78, 5) is 41.8. The molecule has 3 aromatic carbocycles. The molecule has 0 saturated heterocycles.